The molecule has 0 aliphatic rings. The van der Waals surface area contributed by atoms with Crippen molar-refractivity contribution in [1.82, 2.24) is 24.9 Å². The van der Waals surface area contributed by atoms with Crippen LogP contribution in [0.4, 0.5) is 0 Å². The van der Waals surface area contributed by atoms with Crippen molar-refractivity contribution in [2.24, 2.45) is 7.05 Å². The van der Waals surface area contributed by atoms with Crippen LogP contribution in [-0.4, -0.2) is 19.6 Å². The normalized spacial score (nSPS) is 11.2. The first-order chi connectivity index (χ1) is 14.0. The monoisotopic (exact) mass is 385 g/mol. The van der Waals surface area contributed by atoms with Gasteiger partial charge >= 0.3 is 0 Å². The van der Waals surface area contributed by atoms with E-state index in [4.69, 9.17) is 5.10 Å². The highest BCUT2D eigenvalue weighted by molar-refractivity contribution is 5.63. The van der Waals surface area contributed by atoms with E-state index in [9.17, 15) is 0 Å². The molecule has 4 aromatic rings. The fraction of sp³-hybridized carbons (Fsp3) is 0.250. The molecule has 0 atom stereocenters. The Labute approximate surface area is 172 Å². The Morgan fingerprint density at radius 2 is 1.69 bits per heavy atom. The van der Waals surface area contributed by atoms with Crippen LogP contribution in [0.3, 0.4) is 0 Å². The van der Waals surface area contributed by atoms with Crippen molar-refractivity contribution in [3.63, 3.8) is 0 Å². The Hall–Kier alpha value is -3.18. The number of nitrogens with one attached hydrogen (secondary N) is 1. The standard InChI is InChI=1S/C24H27N5/c1-17-10-11-18(2)23(12-17)29-16-22(24(27-29)20-8-6-5-7-9-20)14-25-13-21-15-26-28(4)19(21)3/h5-12,15-16,25H,13-14H2,1-4H3. The summed E-state index contributed by atoms with van der Waals surface area (Å²) in [6.45, 7) is 7.86. The summed E-state index contributed by atoms with van der Waals surface area (Å²) in [6, 6.07) is 16.9. The second kappa shape index (κ2) is 8.05. The largest absolute Gasteiger partial charge is 0.308 e. The highest BCUT2D eigenvalue weighted by Crippen LogP contribution is 2.25. The first kappa shape index (κ1) is 19.2. The van der Waals surface area contributed by atoms with Gasteiger partial charge in [-0.15, -0.1) is 0 Å². The molecule has 0 radical (unpaired) electrons. The molecule has 0 spiro atoms. The molecule has 2 aromatic heterocycles. The summed E-state index contributed by atoms with van der Waals surface area (Å²) in [6.07, 6.45) is 4.08. The first-order valence-electron chi connectivity index (χ1n) is 9.92. The molecular weight excluding hydrogens is 358 g/mol. The molecule has 0 aliphatic heterocycles. The van der Waals surface area contributed by atoms with Crippen molar-refractivity contribution < 1.29 is 0 Å². The Balaban J connectivity index is 1.65. The summed E-state index contributed by atoms with van der Waals surface area (Å²) in [5, 5.41) is 12.9. The summed E-state index contributed by atoms with van der Waals surface area (Å²) in [4.78, 5) is 0. The fourth-order valence-electron chi connectivity index (χ4n) is 3.52. The van der Waals surface area contributed by atoms with E-state index in [1.54, 1.807) is 0 Å². The Morgan fingerprint density at radius 3 is 2.41 bits per heavy atom. The van der Waals surface area contributed by atoms with Gasteiger partial charge in [0.25, 0.3) is 0 Å². The lowest BCUT2D eigenvalue weighted by Gasteiger charge is -2.06. The van der Waals surface area contributed by atoms with Gasteiger partial charge in [-0.25, -0.2) is 4.68 Å². The molecule has 0 saturated carbocycles. The van der Waals surface area contributed by atoms with Crippen molar-refractivity contribution in [1.29, 1.82) is 0 Å². The van der Waals surface area contributed by atoms with E-state index in [0.717, 1.165) is 30.0 Å². The minimum absolute atomic E-state index is 0.740. The molecule has 0 saturated heterocycles. The van der Waals surface area contributed by atoms with E-state index in [2.05, 4.69) is 79.8 Å². The molecule has 5 heteroatoms. The van der Waals surface area contributed by atoms with Crippen LogP contribution in [0.1, 0.15) is 27.9 Å². The van der Waals surface area contributed by atoms with Crippen LogP contribution in [0.25, 0.3) is 16.9 Å². The third-order valence-electron chi connectivity index (χ3n) is 5.42. The predicted octanol–water partition coefficient (Wildman–Crippen LogP) is 4.49. The van der Waals surface area contributed by atoms with E-state index in [1.165, 1.54) is 27.9 Å². The zero-order valence-electron chi connectivity index (χ0n) is 17.5. The molecule has 1 N–H and O–H groups in total. The van der Waals surface area contributed by atoms with Gasteiger partial charge in [-0.2, -0.15) is 10.2 Å². The Bertz CT molecular complexity index is 1120. The molecule has 29 heavy (non-hydrogen) atoms. The van der Waals surface area contributed by atoms with Crippen LogP contribution in [0.5, 0.6) is 0 Å². The quantitative estimate of drug-likeness (QED) is 0.532. The second-order valence-corrected chi connectivity index (χ2v) is 7.59. The van der Waals surface area contributed by atoms with Crippen molar-refractivity contribution in [3.8, 4) is 16.9 Å². The molecule has 0 fully saturated rings. The van der Waals surface area contributed by atoms with Crippen LogP contribution in [0, 0.1) is 20.8 Å². The van der Waals surface area contributed by atoms with Crippen molar-refractivity contribution in [3.05, 3.63) is 88.9 Å². The molecule has 148 valence electrons. The lowest BCUT2D eigenvalue weighted by atomic mass is 10.1. The van der Waals surface area contributed by atoms with E-state index in [0.29, 0.717) is 0 Å². The fourth-order valence-corrected chi connectivity index (χ4v) is 3.52. The molecule has 0 bridgehead atoms. The number of nitrogens with zero attached hydrogens (tertiary/aromatic N) is 4. The number of rotatable bonds is 6. The topological polar surface area (TPSA) is 47.7 Å². The van der Waals surface area contributed by atoms with Crippen molar-refractivity contribution in [2.75, 3.05) is 0 Å². The number of hydrogen-bond donors (Lipinski definition) is 1. The predicted molar refractivity (Wildman–Crippen MR) is 117 cm³/mol. The number of benzene rings is 2. The summed E-state index contributed by atoms with van der Waals surface area (Å²) in [7, 11) is 1.97. The van der Waals surface area contributed by atoms with Gasteiger partial charge in [0.1, 0.15) is 0 Å². The van der Waals surface area contributed by atoms with Gasteiger partial charge in [-0.1, -0.05) is 42.5 Å². The molecular formula is C24H27N5. The van der Waals surface area contributed by atoms with E-state index in [1.807, 2.05) is 28.7 Å². The van der Waals surface area contributed by atoms with Gasteiger partial charge in [0.05, 0.1) is 17.6 Å². The number of aromatic nitrogens is 4. The molecule has 4 rings (SSSR count). The zero-order valence-corrected chi connectivity index (χ0v) is 17.5. The number of hydrogen-bond acceptors (Lipinski definition) is 3. The highest BCUT2D eigenvalue weighted by atomic mass is 15.3. The lowest BCUT2D eigenvalue weighted by Crippen LogP contribution is -2.13. The Kier molecular flexibility index (Phi) is 5.32. The van der Waals surface area contributed by atoms with Gasteiger partial charge in [0.15, 0.2) is 0 Å². The Morgan fingerprint density at radius 1 is 0.931 bits per heavy atom. The third-order valence-corrected chi connectivity index (χ3v) is 5.42. The van der Waals surface area contributed by atoms with E-state index < -0.39 is 0 Å². The molecule has 2 aromatic carbocycles. The molecule has 0 unspecified atom stereocenters. The van der Waals surface area contributed by atoms with Crippen LogP contribution in [0.15, 0.2) is 60.9 Å². The summed E-state index contributed by atoms with van der Waals surface area (Å²) >= 11 is 0. The smallest absolute Gasteiger partial charge is 0.0972 e. The average molecular weight is 386 g/mol. The van der Waals surface area contributed by atoms with Crippen LogP contribution >= 0.6 is 0 Å². The highest BCUT2D eigenvalue weighted by Gasteiger charge is 2.14. The van der Waals surface area contributed by atoms with Crippen molar-refractivity contribution in [2.45, 2.75) is 33.9 Å². The van der Waals surface area contributed by atoms with Crippen LogP contribution < -0.4 is 5.32 Å². The summed E-state index contributed by atoms with van der Waals surface area (Å²) < 4.78 is 3.92. The van der Waals surface area contributed by atoms with E-state index in [-0.39, 0.29) is 0 Å². The van der Waals surface area contributed by atoms with E-state index >= 15 is 0 Å². The molecule has 0 aliphatic carbocycles. The SMILES string of the molecule is Cc1ccc(C)c(-n2cc(CNCc3cnn(C)c3C)c(-c3ccccc3)n2)c1. The van der Waals surface area contributed by atoms with Crippen molar-refractivity contribution >= 4 is 0 Å². The minimum Gasteiger partial charge on any atom is -0.308 e. The van der Waals surface area contributed by atoms with Crippen LogP contribution in [-0.2, 0) is 20.1 Å². The maximum atomic E-state index is 4.96. The molecule has 5 nitrogen and oxygen atoms in total. The first-order valence-corrected chi connectivity index (χ1v) is 9.92. The maximum Gasteiger partial charge on any atom is 0.0972 e. The zero-order chi connectivity index (χ0) is 20.4. The van der Waals surface area contributed by atoms with Gasteiger partial charge in [0, 0.05) is 48.7 Å². The van der Waals surface area contributed by atoms with Gasteiger partial charge in [0.2, 0.25) is 0 Å². The molecule has 2 heterocycles. The minimum atomic E-state index is 0.740. The molecule has 0 amide bonds. The van der Waals surface area contributed by atoms with Crippen LogP contribution in [0.2, 0.25) is 0 Å². The van der Waals surface area contributed by atoms with Gasteiger partial charge in [-0.05, 0) is 38.0 Å². The maximum absolute atomic E-state index is 4.96. The average Bonchev–Trinajstić information content (AvgIpc) is 3.29. The van der Waals surface area contributed by atoms with Gasteiger partial charge < -0.3 is 5.32 Å². The third kappa shape index (κ3) is 4.00. The summed E-state index contributed by atoms with van der Waals surface area (Å²) in [5.74, 6) is 0. The number of aryl methyl sites for hydroxylation is 3. The lowest BCUT2D eigenvalue weighted by molar-refractivity contribution is 0.685. The second-order valence-electron chi connectivity index (χ2n) is 7.59. The summed E-state index contributed by atoms with van der Waals surface area (Å²) in [5.41, 5.74) is 9.29. The van der Waals surface area contributed by atoms with Gasteiger partial charge in [-0.3, -0.25) is 4.68 Å².